The van der Waals surface area contributed by atoms with Crippen LogP contribution < -0.4 is 5.73 Å². The van der Waals surface area contributed by atoms with E-state index in [9.17, 15) is 9.90 Å². The number of anilines is 1. The van der Waals surface area contributed by atoms with Crippen molar-refractivity contribution in [1.29, 1.82) is 0 Å². The van der Waals surface area contributed by atoms with Crippen LogP contribution in [-0.2, 0) is 6.54 Å². The quantitative estimate of drug-likeness (QED) is 0.854. The number of aromatic hydroxyl groups is 1. The van der Waals surface area contributed by atoms with Crippen molar-refractivity contribution in [3.8, 4) is 5.75 Å². The van der Waals surface area contributed by atoms with E-state index in [4.69, 9.17) is 17.3 Å². The number of phenols is 1. The molecule has 3 N–H and O–H groups in total. The van der Waals surface area contributed by atoms with Gasteiger partial charge in [0.05, 0.1) is 16.3 Å². The van der Waals surface area contributed by atoms with Gasteiger partial charge in [-0.25, -0.2) is 0 Å². The molecule has 0 saturated heterocycles. The van der Waals surface area contributed by atoms with E-state index in [0.29, 0.717) is 17.8 Å². The van der Waals surface area contributed by atoms with Gasteiger partial charge < -0.3 is 15.7 Å². The number of rotatable bonds is 3. The summed E-state index contributed by atoms with van der Waals surface area (Å²) >= 11 is 6.05. The number of nitrogens with zero attached hydrogens (tertiary/aromatic N) is 1. The van der Waals surface area contributed by atoms with Crippen molar-refractivity contribution in [1.82, 2.24) is 4.90 Å². The van der Waals surface area contributed by atoms with Gasteiger partial charge in [-0.1, -0.05) is 29.8 Å². The lowest BCUT2D eigenvalue weighted by molar-refractivity contribution is 0.0785. The molecule has 0 atom stereocenters. The molecule has 0 aliphatic heterocycles. The van der Waals surface area contributed by atoms with Gasteiger partial charge in [-0.15, -0.1) is 0 Å². The number of carbonyl (C=O) groups is 1. The Bertz CT molecular complexity index is 644. The molecule has 0 aromatic heterocycles. The first-order valence-corrected chi connectivity index (χ1v) is 6.44. The zero-order valence-electron chi connectivity index (χ0n) is 11.0. The summed E-state index contributed by atoms with van der Waals surface area (Å²) in [6.45, 7) is 0.373. The first-order chi connectivity index (χ1) is 9.49. The van der Waals surface area contributed by atoms with Crippen molar-refractivity contribution >= 4 is 23.2 Å². The molecule has 0 aliphatic carbocycles. The molecule has 0 heterocycles. The molecule has 4 nitrogen and oxygen atoms in total. The maximum atomic E-state index is 12.3. The van der Waals surface area contributed by atoms with Crippen LogP contribution in [0.2, 0.25) is 5.02 Å². The first-order valence-electron chi connectivity index (χ1n) is 6.06. The highest BCUT2D eigenvalue weighted by atomic mass is 35.5. The Hall–Kier alpha value is -2.20. The van der Waals surface area contributed by atoms with E-state index in [1.54, 1.807) is 43.4 Å². The van der Waals surface area contributed by atoms with E-state index in [1.807, 2.05) is 6.07 Å². The van der Waals surface area contributed by atoms with Crippen molar-refractivity contribution in [3.63, 3.8) is 0 Å². The van der Waals surface area contributed by atoms with Crippen molar-refractivity contribution in [2.45, 2.75) is 6.54 Å². The highest BCUT2D eigenvalue weighted by molar-refractivity contribution is 6.36. The van der Waals surface area contributed by atoms with Crippen LogP contribution in [0.3, 0.4) is 0 Å². The second-order valence-electron chi connectivity index (χ2n) is 4.54. The van der Waals surface area contributed by atoms with E-state index in [1.165, 1.54) is 4.90 Å². The fourth-order valence-corrected chi connectivity index (χ4v) is 2.13. The summed E-state index contributed by atoms with van der Waals surface area (Å²) in [4.78, 5) is 13.9. The zero-order chi connectivity index (χ0) is 14.7. The minimum absolute atomic E-state index is 0.172. The molecule has 0 radical (unpaired) electrons. The smallest absolute Gasteiger partial charge is 0.255 e. The van der Waals surface area contributed by atoms with Crippen LogP contribution >= 0.6 is 11.6 Å². The van der Waals surface area contributed by atoms with Crippen LogP contribution in [0.25, 0.3) is 0 Å². The topological polar surface area (TPSA) is 66.6 Å². The third-order valence-corrected chi connectivity index (χ3v) is 3.36. The SMILES string of the molecule is CN(Cc1cccc(O)c1)C(=O)c1cccc(N)c1Cl. The highest BCUT2D eigenvalue weighted by Crippen LogP contribution is 2.24. The molecule has 104 valence electrons. The highest BCUT2D eigenvalue weighted by Gasteiger charge is 2.16. The normalized spacial score (nSPS) is 10.3. The van der Waals surface area contributed by atoms with Crippen LogP contribution in [0.5, 0.6) is 5.75 Å². The molecule has 0 saturated carbocycles. The van der Waals surface area contributed by atoms with Crippen LogP contribution in [-0.4, -0.2) is 23.0 Å². The van der Waals surface area contributed by atoms with E-state index in [2.05, 4.69) is 0 Å². The number of hydrogen-bond acceptors (Lipinski definition) is 3. The molecule has 0 aliphatic rings. The van der Waals surface area contributed by atoms with Crippen molar-refractivity contribution in [2.75, 3.05) is 12.8 Å². The van der Waals surface area contributed by atoms with Gasteiger partial charge in [0.15, 0.2) is 0 Å². The van der Waals surface area contributed by atoms with Crippen molar-refractivity contribution < 1.29 is 9.90 Å². The minimum Gasteiger partial charge on any atom is -0.508 e. The third kappa shape index (κ3) is 3.03. The number of amides is 1. The van der Waals surface area contributed by atoms with Gasteiger partial charge in [0.1, 0.15) is 5.75 Å². The Morgan fingerprint density at radius 1 is 1.30 bits per heavy atom. The molecule has 20 heavy (non-hydrogen) atoms. The average Bonchev–Trinajstić information content (AvgIpc) is 2.41. The number of carbonyl (C=O) groups excluding carboxylic acids is 1. The average molecular weight is 291 g/mol. The molecular formula is C15H15ClN2O2. The summed E-state index contributed by atoms with van der Waals surface area (Å²) in [5.74, 6) is -0.0454. The van der Waals surface area contributed by atoms with Crippen LogP contribution in [0.15, 0.2) is 42.5 Å². The van der Waals surface area contributed by atoms with E-state index >= 15 is 0 Å². The van der Waals surface area contributed by atoms with E-state index in [0.717, 1.165) is 5.56 Å². The van der Waals surface area contributed by atoms with Crippen molar-refractivity contribution in [2.24, 2.45) is 0 Å². The second-order valence-corrected chi connectivity index (χ2v) is 4.92. The Labute approximate surface area is 122 Å². The summed E-state index contributed by atoms with van der Waals surface area (Å²) in [6, 6.07) is 11.7. The molecule has 0 unspecified atom stereocenters. The summed E-state index contributed by atoms with van der Waals surface area (Å²) in [5, 5.41) is 9.69. The largest absolute Gasteiger partial charge is 0.508 e. The summed E-state index contributed by atoms with van der Waals surface area (Å²) < 4.78 is 0. The molecule has 2 aromatic carbocycles. The molecule has 2 rings (SSSR count). The van der Waals surface area contributed by atoms with Gasteiger partial charge in [0.2, 0.25) is 0 Å². The lowest BCUT2D eigenvalue weighted by atomic mass is 10.1. The molecule has 5 heteroatoms. The molecule has 2 aromatic rings. The maximum absolute atomic E-state index is 12.3. The first kappa shape index (κ1) is 14.2. The van der Waals surface area contributed by atoms with Crippen LogP contribution in [0, 0.1) is 0 Å². The Balaban J connectivity index is 2.19. The lowest BCUT2D eigenvalue weighted by Crippen LogP contribution is -2.26. The molecular weight excluding hydrogens is 276 g/mol. The minimum atomic E-state index is -0.217. The van der Waals surface area contributed by atoms with E-state index < -0.39 is 0 Å². The van der Waals surface area contributed by atoms with Gasteiger partial charge in [0, 0.05) is 13.6 Å². The predicted octanol–water partition coefficient (Wildman–Crippen LogP) is 2.90. The number of phenolic OH excluding ortho intramolecular Hbond substituents is 1. The second kappa shape index (κ2) is 5.84. The molecule has 0 bridgehead atoms. The van der Waals surface area contributed by atoms with Gasteiger partial charge in [0.25, 0.3) is 5.91 Å². The lowest BCUT2D eigenvalue weighted by Gasteiger charge is -2.18. The summed E-state index contributed by atoms with van der Waals surface area (Å²) in [5.41, 5.74) is 7.28. The zero-order valence-corrected chi connectivity index (χ0v) is 11.8. The van der Waals surface area contributed by atoms with Gasteiger partial charge >= 0.3 is 0 Å². The number of hydrogen-bond donors (Lipinski definition) is 2. The third-order valence-electron chi connectivity index (χ3n) is 2.94. The fraction of sp³-hybridized carbons (Fsp3) is 0.133. The van der Waals surface area contributed by atoms with Crippen LogP contribution in [0.1, 0.15) is 15.9 Å². The molecule has 0 spiro atoms. The maximum Gasteiger partial charge on any atom is 0.255 e. The van der Waals surface area contributed by atoms with Gasteiger partial charge in [-0.2, -0.15) is 0 Å². The Kier molecular flexibility index (Phi) is 4.15. The monoisotopic (exact) mass is 290 g/mol. The summed E-state index contributed by atoms with van der Waals surface area (Å²) in [7, 11) is 1.67. The number of benzene rings is 2. The Morgan fingerprint density at radius 2 is 2.00 bits per heavy atom. The van der Waals surface area contributed by atoms with Gasteiger partial charge in [-0.3, -0.25) is 4.79 Å². The summed E-state index contributed by atoms with van der Waals surface area (Å²) in [6.07, 6.45) is 0. The Morgan fingerprint density at radius 3 is 2.70 bits per heavy atom. The predicted molar refractivity (Wildman–Crippen MR) is 79.8 cm³/mol. The molecule has 1 amide bonds. The standard InChI is InChI=1S/C15H15ClN2O2/c1-18(9-10-4-2-5-11(19)8-10)15(20)12-6-3-7-13(17)14(12)16/h2-8,19H,9,17H2,1H3. The fourth-order valence-electron chi connectivity index (χ4n) is 1.92. The van der Waals surface area contributed by atoms with E-state index in [-0.39, 0.29) is 16.7 Å². The van der Waals surface area contributed by atoms with Crippen molar-refractivity contribution in [3.05, 3.63) is 58.6 Å². The molecule has 0 fully saturated rings. The number of nitrogen functional groups attached to an aromatic ring is 1. The number of halogens is 1. The van der Waals surface area contributed by atoms with Gasteiger partial charge in [-0.05, 0) is 29.8 Å². The van der Waals surface area contributed by atoms with Crippen LogP contribution in [0.4, 0.5) is 5.69 Å². The number of nitrogens with two attached hydrogens (primary N) is 1.